The van der Waals surface area contributed by atoms with Crippen molar-refractivity contribution in [3.8, 4) is 17.2 Å². The van der Waals surface area contributed by atoms with E-state index in [1.807, 2.05) is 60.1 Å². The molecule has 0 bridgehead atoms. The van der Waals surface area contributed by atoms with Gasteiger partial charge in [0.25, 0.3) is 0 Å². The largest absolute Gasteiger partial charge is 0.493 e. The average molecular weight is 567 g/mol. The maximum absolute atomic E-state index is 13.9. The summed E-state index contributed by atoms with van der Waals surface area (Å²) < 4.78 is 18.7. The lowest BCUT2D eigenvalue weighted by molar-refractivity contribution is -0.670. The number of aromatic nitrogens is 1. The zero-order valence-corrected chi connectivity index (χ0v) is 25.3. The molecule has 1 aromatic heterocycles. The van der Waals surface area contributed by atoms with Gasteiger partial charge in [0.05, 0.1) is 19.6 Å². The van der Waals surface area contributed by atoms with Gasteiger partial charge in [-0.3, -0.25) is 14.5 Å². The van der Waals surface area contributed by atoms with Crippen molar-refractivity contribution >= 4 is 17.6 Å². The third kappa shape index (κ3) is 6.84. The molecule has 222 valence electrons. The number of amides is 1. The van der Waals surface area contributed by atoms with E-state index in [-0.39, 0.29) is 36.6 Å². The molecule has 2 aliphatic heterocycles. The lowest BCUT2D eigenvalue weighted by Crippen LogP contribution is -2.46. The van der Waals surface area contributed by atoms with Gasteiger partial charge in [-0.05, 0) is 55.9 Å². The zero-order valence-electron chi connectivity index (χ0n) is 25.3. The molecule has 0 spiro atoms. The molecule has 0 saturated carbocycles. The molecule has 1 aromatic carbocycles. The highest BCUT2D eigenvalue weighted by molar-refractivity contribution is 5.94. The normalized spacial score (nSPS) is 20.1. The van der Waals surface area contributed by atoms with Crippen LogP contribution >= 0.6 is 0 Å². The Balaban J connectivity index is 1.73. The van der Waals surface area contributed by atoms with Gasteiger partial charge in [-0.25, -0.2) is 4.57 Å². The van der Waals surface area contributed by atoms with Gasteiger partial charge in [-0.15, -0.1) is 0 Å². The van der Waals surface area contributed by atoms with Gasteiger partial charge in [-0.2, -0.15) is 0 Å². The number of anilines is 1. The Morgan fingerprint density at radius 2 is 2.02 bits per heavy atom. The summed E-state index contributed by atoms with van der Waals surface area (Å²) in [5.41, 5.74) is 2.54. The lowest BCUT2D eigenvalue weighted by atomic mass is 9.77. The van der Waals surface area contributed by atoms with Crippen molar-refractivity contribution in [3.05, 3.63) is 53.9 Å². The second kappa shape index (κ2) is 12.5. The molecule has 4 rings (SSSR count). The number of aliphatic carboxylic acids is 1. The van der Waals surface area contributed by atoms with Crippen molar-refractivity contribution < 1.29 is 33.5 Å². The minimum atomic E-state index is -0.875. The van der Waals surface area contributed by atoms with Crippen LogP contribution in [0.3, 0.4) is 0 Å². The van der Waals surface area contributed by atoms with Crippen LogP contribution in [0.4, 0.5) is 5.69 Å². The van der Waals surface area contributed by atoms with Gasteiger partial charge < -0.3 is 24.2 Å². The first-order chi connectivity index (χ1) is 19.4. The average Bonchev–Trinajstić information content (AvgIpc) is 3.50. The van der Waals surface area contributed by atoms with Gasteiger partial charge in [0, 0.05) is 31.1 Å². The molecule has 3 atom stereocenters. The Morgan fingerprint density at radius 1 is 1.27 bits per heavy atom. The fourth-order valence-corrected chi connectivity index (χ4v) is 6.44. The summed E-state index contributed by atoms with van der Waals surface area (Å²) in [6.45, 7) is 11.6. The number of carboxylic acids is 1. The quantitative estimate of drug-likeness (QED) is 0.315. The molecule has 2 aliphatic rings. The Bertz CT molecular complexity index is 1300. The molecule has 1 saturated heterocycles. The number of likely N-dealkylation sites (tertiary alicyclic amines) is 1. The van der Waals surface area contributed by atoms with Crippen LogP contribution in [-0.2, 0) is 16.6 Å². The summed E-state index contributed by atoms with van der Waals surface area (Å²) in [4.78, 5) is 30.8. The molecule has 1 unspecified atom stereocenters. The van der Waals surface area contributed by atoms with Crippen molar-refractivity contribution in [3.63, 3.8) is 0 Å². The summed E-state index contributed by atoms with van der Waals surface area (Å²) in [5.74, 6) is -0.430. The fourth-order valence-electron chi connectivity index (χ4n) is 6.44. The number of carbonyl (C=O) groups excluding carboxylic acids is 1. The van der Waals surface area contributed by atoms with E-state index >= 15 is 0 Å². The van der Waals surface area contributed by atoms with Crippen molar-refractivity contribution in [1.82, 2.24) is 4.90 Å². The Kier molecular flexibility index (Phi) is 9.27. The Hall–Kier alpha value is -3.59. The summed E-state index contributed by atoms with van der Waals surface area (Å²) >= 11 is 0. The van der Waals surface area contributed by atoms with E-state index in [1.54, 1.807) is 7.11 Å². The number of hydrogen-bond acceptors (Lipinski definition) is 6. The second-order valence-corrected chi connectivity index (χ2v) is 12.1. The monoisotopic (exact) mass is 566 g/mol. The van der Waals surface area contributed by atoms with E-state index in [0.29, 0.717) is 36.8 Å². The minimum absolute atomic E-state index is 0.0453. The van der Waals surface area contributed by atoms with Crippen molar-refractivity contribution in [2.45, 2.75) is 59.4 Å². The van der Waals surface area contributed by atoms with Gasteiger partial charge >= 0.3 is 5.97 Å². The van der Waals surface area contributed by atoms with Gasteiger partial charge in [0.2, 0.25) is 18.4 Å². The summed E-state index contributed by atoms with van der Waals surface area (Å²) in [7, 11) is 3.49. The maximum Gasteiger partial charge on any atom is 0.308 e. The number of nitrogens with zero attached hydrogens (tertiary/aromatic N) is 3. The first-order valence-electron chi connectivity index (χ1n) is 14.3. The van der Waals surface area contributed by atoms with Gasteiger partial charge in [0.1, 0.15) is 12.7 Å². The minimum Gasteiger partial charge on any atom is -0.493 e. The number of carboxylic acid groups (broad SMARTS) is 1. The van der Waals surface area contributed by atoms with E-state index in [4.69, 9.17) is 14.2 Å². The number of pyridine rings is 1. The van der Waals surface area contributed by atoms with Gasteiger partial charge in [-0.1, -0.05) is 32.4 Å². The number of benzene rings is 1. The third-order valence-corrected chi connectivity index (χ3v) is 7.88. The van der Waals surface area contributed by atoms with Crippen LogP contribution in [0.1, 0.15) is 58.9 Å². The van der Waals surface area contributed by atoms with Crippen LogP contribution < -0.4 is 23.7 Å². The van der Waals surface area contributed by atoms with Crippen LogP contribution in [0.15, 0.2) is 48.3 Å². The number of rotatable bonds is 11. The summed E-state index contributed by atoms with van der Waals surface area (Å²) in [6, 6.07) is 7.22. The second-order valence-electron chi connectivity index (χ2n) is 12.1. The van der Waals surface area contributed by atoms with Crippen LogP contribution in [0.5, 0.6) is 17.2 Å². The van der Waals surface area contributed by atoms with Crippen LogP contribution in [-0.4, -0.2) is 61.5 Å². The Labute approximate surface area is 243 Å². The summed E-state index contributed by atoms with van der Waals surface area (Å²) in [5, 5.41) is 10.6. The number of fused-ring (bicyclic) bond motifs is 1. The van der Waals surface area contributed by atoms with E-state index in [2.05, 4.69) is 38.7 Å². The predicted molar refractivity (Wildman–Crippen MR) is 156 cm³/mol. The molecule has 41 heavy (non-hydrogen) atoms. The predicted octanol–water partition coefficient (Wildman–Crippen LogP) is 4.54. The van der Waals surface area contributed by atoms with E-state index in [9.17, 15) is 14.7 Å². The van der Waals surface area contributed by atoms with E-state index in [1.165, 1.54) is 5.57 Å². The number of allylic oxidation sites excluding steroid dienone is 2. The molecule has 0 aliphatic carbocycles. The number of ether oxygens (including phenoxy) is 3. The first-order valence-corrected chi connectivity index (χ1v) is 14.3. The molecule has 3 heterocycles. The number of methoxy groups -OCH3 is 1. The van der Waals surface area contributed by atoms with Crippen molar-refractivity contribution in [2.75, 3.05) is 38.4 Å². The molecule has 0 radical (unpaired) electrons. The molecule has 9 nitrogen and oxygen atoms in total. The first kappa shape index (κ1) is 30.4. The SMILES string of the molecule is CCCN(C(=O)CN1C[C@H](c2cc(OC)c3c(c2)OCO3)C(C(=O)O)[C@@H]1CC(C)(C)C=C(C)C)c1ccc[n+](C)c1. The van der Waals surface area contributed by atoms with Crippen molar-refractivity contribution in [1.29, 1.82) is 0 Å². The molecule has 1 amide bonds. The van der Waals surface area contributed by atoms with E-state index in [0.717, 1.165) is 17.7 Å². The lowest BCUT2D eigenvalue weighted by Gasteiger charge is -2.34. The van der Waals surface area contributed by atoms with E-state index < -0.39 is 11.9 Å². The molecule has 1 fully saturated rings. The molecular formula is C32H44N3O6+. The number of carbonyl (C=O) groups is 2. The number of aryl methyl sites for hydroxylation is 1. The van der Waals surface area contributed by atoms with Crippen LogP contribution in [0, 0.1) is 11.3 Å². The Morgan fingerprint density at radius 3 is 2.66 bits per heavy atom. The van der Waals surface area contributed by atoms with Gasteiger partial charge in [0.15, 0.2) is 23.9 Å². The number of hydrogen-bond donors (Lipinski definition) is 1. The maximum atomic E-state index is 13.9. The molecule has 9 heteroatoms. The smallest absolute Gasteiger partial charge is 0.308 e. The van der Waals surface area contributed by atoms with Crippen LogP contribution in [0.25, 0.3) is 0 Å². The summed E-state index contributed by atoms with van der Waals surface area (Å²) in [6.07, 6.45) is 7.46. The highest BCUT2D eigenvalue weighted by Gasteiger charge is 2.49. The highest BCUT2D eigenvalue weighted by Crippen LogP contribution is 2.48. The molecule has 1 N–H and O–H groups in total. The standard InChI is InChI=1S/C32H43N3O6/c1-8-11-35(23-10-9-12-33(6)17-23)28(36)19-34-18-24(22-13-26(39-7)30-27(14-22)40-20-41-30)29(31(37)38)25(34)16-32(4,5)15-21(2)3/h9-10,12-15,17,24-25,29H,8,11,16,18-20H2,1-7H3/p+1/t24-,25+,29?/m1/s1. The molecule has 2 aromatic rings. The van der Waals surface area contributed by atoms with Crippen molar-refractivity contribution in [2.24, 2.45) is 18.4 Å². The third-order valence-electron chi connectivity index (χ3n) is 7.88. The van der Waals surface area contributed by atoms with Crippen LogP contribution in [0.2, 0.25) is 0 Å². The fraction of sp³-hybridized carbons (Fsp3) is 0.531. The highest BCUT2D eigenvalue weighted by atomic mass is 16.7. The molecular weight excluding hydrogens is 522 g/mol. The topological polar surface area (TPSA) is 92.4 Å². The zero-order chi connectivity index (χ0) is 29.9.